The normalized spacial score (nSPS) is 27.9. The second kappa shape index (κ2) is 8.37. The number of phosphoric acid groups is 3. The van der Waals surface area contributed by atoms with E-state index in [1.165, 1.54) is 17.8 Å². The van der Waals surface area contributed by atoms with Crippen molar-refractivity contribution in [3.63, 3.8) is 0 Å². The summed E-state index contributed by atoms with van der Waals surface area (Å²) in [6, 6.07) is -0.851. The molecule has 1 fully saturated rings. The monoisotopic (exact) mass is 520 g/mol. The summed E-state index contributed by atoms with van der Waals surface area (Å²) in [7, 11) is -16.4. The SMILES string of the molecule is C[C@@]1(F)C[C@@H](COP(=O)(O)OP(=O)(O)OP(=O)(O)O)C[C@H]1n1cnc2c(N)nc(N)nc21. The Bertz CT molecular complexity index is 1170. The number of anilines is 2. The lowest BCUT2D eigenvalue weighted by molar-refractivity contribution is 0.127. The van der Waals surface area contributed by atoms with E-state index in [1.54, 1.807) is 0 Å². The molecule has 0 radical (unpaired) electrons. The van der Waals surface area contributed by atoms with Crippen LogP contribution in [0, 0.1) is 5.92 Å². The van der Waals surface area contributed by atoms with Gasteiger partial charge in [0.2, 0.25) is 5.95 Å². The molecule has 0 saturated heterocycles. The molecule has 1 aliphatic carbocycles. The van der Waals surface area contributed by atoms with Crippen molar-refractivity contribution < 1.29 is 50.8 Å². The van der Waals surface area contributed by atoms with Crippen molar-refractivity contribution in [3.8, 4) is 0 Å². The fraction of sp³-hybridized carbons (Fsp3) is 0.583. The number of imidazole rings is 1. The van der Waals surface area contributed by atoms with E-state index in [0.29, 0.717) is 0 Å². The van der Waals surface area contributed by atoms with E-state index >= 15 is 4.39 Å². The molecule has 0 aliphatic heterocycles. The predicted octanol–water partition coefficient (Wildman–Crippen LogP) is 1.01. The van der Waals surface area contributed by atoms with Crippen LogP contribution < -0.4 is 11.5 Å². The number of hydrogen-bond acceptors (Lipinski definition) is 11. The molecule has 2 aromatic rings. The number of nitrogen functional groups attached to an aromatic ring is 2. The number of hydrogen-bond donors (Lipinski definition) is 6. The van der Waals surface area contributed by atoms with Crippen LogP contribution in [0.25, 0.3) is 11.2 Å². The Hall–Kier alpha value is -1.51. The zero-order chi connectivity index (χ0) is 24.1. The van der Waals surface area contributed by atoms with Crippen LogP contribution >= 0.6 is 23.5 Å². The van der Waals surface area contributed by atoms with Gasteiger partial charge in [-0.25, -0.2) is 23.1 Å². The third-order valence-corrected chi connectivity index (χ3v) is 8.43. The molecule has 0 spiro atoms. The Kier molecular flexibility index (Phi) is 6.57. The lowest BCUT2D eigenvalue weighted by Gasteiger charge is -2.24. The topological polar surface area (TPSA) is 255 Å². The number of aromatic nitrogens is 4. The first-order valence-electron chi connectivity index (χ1n) is 8.71. The van der Waals surface area contributed by atoms with Crippen LogP contribution in [0.4, 0.5) is 16.2 Å². The molecule has 2 unspecified atom stereocenters. The third-order valence-electron chi connectivity index (χ3n) is 4.63. The minimum absolute atomic E-state index is 0.00835. The van der Waals surface area contributed by atoms with E-state index in [9.17, 15) is 23.5 Å². The molecule has 0 amide bonds. The van der Waals surface area contributed by atoms with Gasteiger partial charge in [-0.05, 0) is 25.7 Å². The number of alkyl halides is 1. The highest BCUT2D eigenvalue weighted by molar-refractivity contribution is 7.66. The Balaban J connectivity index is 1.72. The van der Waals surface area contributed by atoms with Crippen molar-refractivity contribution in [3.05, 3.63) is 6.33 Å². The summed E-state index contributed by atoms with van der Waals surface area (Å²) in [4.78, 5) is 47.7. The Morgan fingerprint density at radius 3 is 2.47 bits per heavy atom. The van der Waals surface area contributed by atoms with Crippen LogP contribution in [0.3, 0.4) is 0 Å². The first-order chi connectivity index (χ1) is 14.5. The fourth-order valence-electron chi connectivity index (χ4n) is 3.56. The van der Waals surface area contributed by atoms with Crippen LogP contribution in [-0.2, 0) is 26.8 Å². The van der Waals surface area contributed by atoms with Gasteiger partial charge in [0.15, 0.2) is 11.5 Å². The molecule has 8 N–H and O–H groups in total. The Morgan fingerprint density at radius 1 is 1.19 bits per heavy atom. The van der Waals surface area contributed by atoms with Crippen molar-refractivity contribution >= 4 is 46.4 Å². The van der Waals surface area contributed by atoms with Gasteiger partial charge < -0.3 is 35.6 Å². The zero-order valence-electron chi connectivity index (χ0n) is 16.3. The molecule has 1 aliphatic rings. The molecule has 3 rings (SSSR count). The van der Waals surface area contributed by atoms with Crippen LogP contribution in [0.15, 0.2) is 6.33 Å². The summed E-state index contributed by atoms with van der Waals surface area (Å²) in [5, 5.41) is 0. The minimum Gasteiger partial charge on any atom is -0.382 e. The zero-order valence-corrected chi connectivity index (χ0v) is 18.9. The first kappa shape index (κ1) is 25.1. The summed E-state index contributed by atoms with van der Waals surface area (Å²) in [5.41, 5.74) is 9.90. The molecule has 16 nitrogen and oxygen atoms in total. The lowest BCUT2D eigenvalue weighted by atomic mass is 10.0. The van der Waals surface area contributed by atoms with Gasteiger partial charge in [-0.2, -0.15) is 18.6 Å². The van der Waals surface area contributed by atoms with E-state index in [4.69, 9.17) is 21.3 Å². The smallest absolute Gasteiger partial charge is 0.382 e. The van der Waals surface area contributed by atoms with Gasteiger partial charge in [-0.15, -0.1) is 0 Å². The average Bonchev–Trinajstić information content (AvgIpc) is 3.09. The maximum atomic E-state index is 15.3. The van der Waals surface area contributed by atoms with Gasteiger partial charge in [-0.1, -0.05) is 0 Å². The second-order valence-corrected chi connectivity index (χ2v) is 11.7. The fourth-order valence-corrected chi connectivity index (χ4v) is 6.66. The number of fused-ring (bicyclic) bond motifs is 1. The maximum absolute atomic E-state index is 15.3. The number of nitrogens with two attached hydrogens (primary N) is 2. The molecular weight excluding hydrogens is 500 g/mol. The van der Waals surface area contributed by atoms with E-state index in [0.717, 1.165) is 0 Å². The van der Waals surface area contributed by atoms with Crippen molar-refractivity contribution in [2.24, 2.45) is 5.92 Å². The minimum atomic E-state index is -5.64. The van der Waals surface area contributed by atoms with Gasteiger partial charge in [0.1, 0.15) is 11.2 Å². The lowest BCUT2D eigenvalue weighted by Crippen LogP contribution is -2.26. The van der Waals surface area contributed by atoms with Gasteiger partial charge >= 0.3 is 23.5 Å². The molecule has 1 saturated carbocycles. The highest BCUT2D eigenvalue weighted by Crippen LogP contribution is 2.66. The van der Waals surface area contributed by atoms with Gasteiger partial charge in [0, 0.05) is 0 Å². The number of halogens is 1. The summed E-state index contributed by atoms with van der Waals surface area (Å²) in [6.07, 6.45) is 1.23. The second-order valence-electron chi connectivity index (χ2n) is 7.28. The van der Waals surface area contributed by atoms with Crippen LogP contribution in [0.5, 0.6) is 0 Å². The number of nitrogens with zero attached hydrogens (tertiary/aromatic N) is 4. The van der Waals surface area contributed by atoms with E-state index < -0.39 is 47.7 Å². The molecule has 0 bridgehead atoms. The van der Waals surface area contributed by atoms with Gasteiger partial charge in [-0.3, -0.25) is 4.52 Å². The highest BCUT2D eigenvalue weighted by atomic mass is 31.3. The van der Waals surface area contributed by atoms with Gasteiger partial charge in [0.05, 0.1) is 19.0 Å². The molecule has 5 atom stereocenters. The number of phosphoric ester groups is 1. The van der Waals surface area contributed by atoms with Crippen LogP contribution in [-0.4, -0.2) is 51.4 Å². The third kappa shape index (κ3) is 5.88. The predicted molar refractivity (Wildman–Crippen MR) is 105 cm³/mol. The van der Waals surface area contributed by atoms with E-state index in [-0.39, 0.29) is 35.8 Å². The molecular formula is C12H20FN6O10P3. The van der Waals surface area contributed by atoms with Crippen LogP contribution in [0.1, 0.15) is 25.8 Å². The molecule has 2 aromatic heterocycles. The van der Waals surface area contributed by atoms with Crippen molar-refractivity contribution in [2.75, 3.05) is 18.1 Å². The number of rotatable bonds is 8. The van der Waals surface area contributed by atoms with Crippen molar-refractivity contribution in [2.45, 2.75) is 31.5 Å². The van der Waals surface area contributed by atoms with E-state index in [2.05, 4.69) is 28.1 Å². The van der Waals surface area contributed by atoms with E-state index in [1.807, 2.05) is 0 Å². The highest BCUT2D eigenvalue weighted by Gasteiger charge is 2.47. The van der Waals surface area contributed by atoms with Gasteiger partial charge in [0.25, 0.3) is 0 Å². The largest absolute Gasteiger partial charge is 0.490 e. The standard InChI is InChI=1S/C12H20FN6O10P3/c1-12(13)3-6(4-27-31(23,24)29-32(25,26)28-30(20,21)22)2-7(12)19-5-16-8-9(14)17-11(15)18-10(8)19/h5-7H,2-4H2,1H3,(H,23,24)(H,25,26)(H2,20,21,22)(H4,14,15,17,18)/t6-,7+,12+/m0/s1. The molecule has 180 valence electrons. The summed E-state index contributed by atoms with van der Waals surface area (Å²) < 4.78 is 62.6. The summed E-state index contributed by atoms with van der Waals surface area (Å²) in [6.45, 7) is 0.702. The Labute approximate surface area is 179 Å². The van der Waals surface area contributed by atoms with Crippen molar-refractivity contribution in [1.29, 1.82) is 0 Å². The Morgan fingerprint density at radius 2 is 1.84 bits per heavy atom. The van der Waals surface area contributed by atoms with Crippen LogP contribution in [0.2, 0.25) is 0 Å². The molecule has 20 heteroatoms. The quantitative estimate of drug-likeness (QED) is 0.266. The average molecular weight is 520 g/mol. The van der Waals surface area contributed by atoms with Crippen molar-refractivity contribution in [1.82, 2.24) is 19.5 Å². The molecule has 2 heterocycles. The summed E-state index contributed by atoms with van der Waals surface area (Å²) >= 11 is 0. The molecule has 0 aromatic carbocycles. The first-order valence-corrected chi connectivity index (χ1v) is 13.2. The maximum Gasteiger partial charge on any atom is 0.490 e. The molecule has 32 heavy (non-hydrogen) atoms. The summed E-state index contributed by atoms with van der Waals surface area (Å²) in [5.74, 6) is -0.803.